The van der Waals surface area contributed by atoms with Crippen molar-refractivity contribution in [1.29, 1.82) is 0 Å². The Labute approximate surface area is 158 Å². The molecule has 0 saturated carbocycles. The second-order valence-corrected chi connectivity index (χ2v) is 9.19. The first-order valence-corrected chi connectivity index (χ1v) is 10.1. The molecule has 2 aliphatic heterocycles. The molecule has 2 aliphatic rings. The van der Waals surface area contributed by atoms with Gasteiger partial charge in [-0.15, -0.1) is 11.3 Å². The molecule has 0 N–H and O–H groups in total. The van der Waals surface area contributed by atoms with Crippen LogP contribution in [0.4, 0.5) is 10.1 Å². The number of halogens is 1. The summed E-state index contributed by atoms with van der Waals surface area (Å²) in [7, 11) is 0. The number of benzene rings is 1. The number of anilines is 1. The van der Waals surface area contributed by atoms with Crippen molar-refractivity contribution in [2.75, 3.05) is 18.0 Å². The SMILES string of the molecule is Cc1ccsc1C(=O)N1CCCC12CN(c1cccc(F)c1)C(C)(C)C2. The summed E-state index contributed by atoms with van der Waals surface area (Å²) in [6.45, 7) is 7.97. The van der Waals surface area contributed by atoms with Crippen molar-refractivity contribution in [3.05, 3.63) is 52.0 Å². The number of carbonyl (C=O) groups is 1. The van der Waals surface area contributed by atoms with Crippen LogP contribution in [0.3, 0.4) is 0 Å². The second-order valence-electron chi connectivity index (χ2n) is 8.27. The van der Waals surface area contributed by atoms with Gasteiger partial charge in [0, 0.05) is 24.3 Å². The van der Waals surface area contributed by atoms with Crippen LogP contribution in [0.2, 0.25) is 0 Å². The molecule has 0 bridgehead atoms. The number of likely N-dealkylation sites (tertiary alicyclic amines) is 1. The van der Waals surface area contributed by atoms with Gasteiger partial charge in [-0.05, 0) is 75.2 Å². The quantitative estimate of drug-likeness (QED) is 0.752. The van der Waals surface area contributed by atoms with Crippen LogP contribution in [0.25, 0.3) is 0 Å². The Bertz CT molecular complexity index is 846. The van der Waals surface area contributed by atoms with Crippen molar-refractivity contribution in [3.63, 3.8) is 0 Å². The Morgan fingerprint density at radius 3 is 2.77 bits per heavy atom. The molecule has 1 aromatic heterocycles. The molecule has 3 nitrogen and oxygen atoms in total. The summed E-state index contributed by atoms with van der Waals surface area (Å²) >= 11 is 1.53. The highest BCUT2D eigenvalue weighted by Crippen LogP contribution is 2.47. The molecule has 2 fully saturated rings. The molecule has 0 aliphatic carbocycles. The van der Waals surface area contributed by atoms with E-state index in [1.54, 1.807) is 12.1 Å². The maximum Gasteiger partial charge on any atom is 0.264 e. The van der Waals surface area contributed by atoms with Crippen LogP contribution < -0.4 is 4.90 Å². The number of amides is 1. The largest absolute Gasteiger partial charge is 0.364 e. The number of aryl methyl sites for hydroxylation is 1. The van der Waals surface area contributed by atoms with E-state index in [0.717, 1.165) is 48.5 Å². The van der Waals surface area contributed by atoms with E-state index in [2.05, 4.69) is 23.6 Å². The van der Waals surface area contributed by atoms with Crippen LogP contribution in [0, 0.1) is 12.7 Å². The minimum atomic E-state index is -0.215. The van der Waals surface area contributed by atoms with E-state index in [0.29, 0.717) is 0 Å². The molecular formula is C21H25FN2OS. The molecule has 2 saturated heterocycles. The predicted octanol–water partition coefficient (Wildman–Crippen LogP) is 4.86. The molecule has 2 aromatic rings. The highest BCUT2D eigenvalue weighted by atomic mass is 32.1. The standard InChI is InChI=1S/C21H25FN2OS/c1-15-8-11-26-18(15)19(25)23-10-5-9-21(23)13-20(2,3)24(14-21)17-7-4-6-16(22)12-17/h4,6-8,11-12H,5,9-10,13-14H2,1-3H3. The minimum absolute atomic E-state index is 0.124. The normalized spacial score (nSPS) is 24.6. The molecule has 26 heavy (non-hydrogen) atoms. The smallest absolute Gasteiger partial charge is 0.264 e. The zero-order valence-corrected chi connectivity index (χ0v) is 16.4. The fourth-order valence-electron chi connectivity index (χ4n) is 4.87. The molecular weight excluding hydrogens is 347 g/mol. The van der Waals surface area contributed by atoms with Crippen LogP contribution in [0.1, 0.15) is 48.3 Å². The fourth-order valence-corrected chi connectivity index (χ4v) is 5.74. The molecule has 1 unspecified atom stereocenters. The molecule has 1 aromatic carbocycles. The summed E-state index contributed by atoms with van der Waals surface area (Å²) in [5.74, 6) is -0.0558. The molecule has 1 atom stereocenters. The fraction of sp³-hybridized carbons (Fsp3) is 0.476. The summed E-state index contributed by atoms with van der Waals surface area (Å²) in [6.07, 6.45) is 2.95. The van der Waals surface area contributed by atoms with Crippen molar-refractivity contribution >= 4 is 22.9 Å². The van der Waals surface area contributed by atoms with E-state index >= 15 is 0 Å². The Morgan fingerprint density at radius 1 is 1.27 bits per heavy atom. The molecule has 0 radical (unpaired) electrons. The zero-order valence-electron chi connectivity index (χ0n) is 15.6. The maximum absolute atomic E-state index is 13.8. The van der Waals surface area contributed by atoms with Gasteiger partial charge in [-0.1, -0.05) is 6.07 Å². The van der Waals surface area contributed by atoms with Crippen molar-refractivity contribution in [2.24, 2.45) is 0 Å². The van der Waals surface area contributed by atoms with Crippen molar-refractivity contribution in [3.8, 4) is 0 Å². The van der Waals surface area contributed by atoms with Gasteiger partial charge < -0.3 is 9.80 Å². The highest BCUT2D eigenvalue weighted by molar-refractivity contribution is 7.12. The van der Waals surface area contributed by atoms with Crippen LogP contribution in [0.5, 0.6) is 0 Å². The predicted molar refractivity (Wildman–Crippen MR) is 104 cm³/mol. The summed E-state index contributed by atoms with van der Waals surface area (Å²) in [5.41, 5.74) is 1.67. The van der Waals surface area contributed by atoms with Crippen LogP contribution >= 0.6 is 11.3 Å². The van der Waals surface area contributed by atoms with Gasteiger partial charge in [0.1, 0.15) is 5.82 Å². The summed E-state index contributed by atoms with van der Waals surface area (Å²) < 4.78 is 13.8. The first-order chi connectivity index (χ1) is 12.3. The first kappa shape index (κ1) is 17.5. The van der Waals surface area contributed by atoms with Gasteiger partial charge >= 0.3 is 0 Å². The number of carbonyl (C=O) groups excluding carboxylic acids is 1. The summed E-state index contributed by atoms with van der Waals surface area (Å²) in [4.78, 5) is 18.5. The summed E-state index contributed by atoms with van der Waals surface area (Å²) in [5, 5.41) is 1.99. The molecule has 1 amide bonds. The van der Waals surface area contributed by atoms with Gasteiger partial charge in [-0.3, -0.25) is 4.79 Å². The van der Waals surface area contributed by atoms with Gasteiger partial charge in [-0.2, -0.15) is 0 Å². The Balaban J connectivity index is 1.68. The lowest BCUT2D eigenvalue weighted by atomic mass is 9.87. The van der Waals surface area contributed by atoms with E-state index in [1.165, 1.54) is 17.4 Å². The van der Waals surface area contributed by atoms with Gasteiger partial charge in [0.25, 0.3) is 5.91 Å². The lowest BCUT2D eigenvalue weighted by Gasteiger charge is -2.35. The Hall–Kier alpha value is -1.88. The zero-order chi connectivity index (χ0) is 18.5. The molecule has 1 spiro atoms. The molecule has 4 rings (SSSR count). The van der Waals surface area contributed by atoms with Crippen molar-refractivity contribution in [1.82, 2.24) is 4.90 Å². The third kappa shape index (κ3) is 2.73. The number of nitrogens with zero attached hydrogens (tertiary/aromatic N) is 2. The average Bonchev–Trinajstić information content (AvgIpc) is 3.24. The molecule has 5 heteroatoms. The van der Waals surface area contributed by atoms with E-state index < -0.39 is 0 Å². The van der Waals surface area contributed by atoms with Gasteiger partial charge in [0.05, 0.1) is 10.4 Å². The number of hydrogen-bond acceptors (Lipinski definition) is 3. The minimum Gasteiger partial charge on any atom is -0.364 e. The number of hydrogen-bond donors (Lipinski definition) is 0. The van der Waals surface area contributed by atoms with Crippen molar-refractivity contribution < 1.29 is 9.18 Å². The first-order valence-electron chi connectivity index (χ1n) is 9.22. The Morgan fingerprint density at radius 2 is 2.08 bits per heavy atom. The van der Waals surface area contributed by atoms with E-state index in [4.69, 9.17) is 0 Å². The maximum atomic E-state index is 13.8. The molecule has 3 heterocycles. The van der Waals surface area contributed by atoms with Crippen LogP contribution in [-0.2, 0) is 0 Å². The third-order valence-corrected chi connectivity index (χ3v) is 6.97. The van der Waals surface area contributed by atoms with E-state index in [9.17, 15) is 9.18 Å². The van der Waals surface area contributed by atoms with Gasteiger partial charge in [0.2, 0.25) is 0 Å². The lowest BCUT2D eigenvalue weighted by molar-refractivity contribution is 0.0622. The monoisotopic (exact) mass is 372 g/mol. The number of rotatable bonds is 2. The lowest BCUT2D eigenvalue weighted by Crippen LogP contribution is -2.49. The van der Waals surface area contributed by atoms with Crippen LogP contribution in [-0.4, -0.2) is 35.0 Å². The topological polar surface area (TPSA) is 23.6 Å². The van der Waals surface area contributed by atoms with Crippen LogP contribution in [0.15, 0.2) is 35.7 Å². The average molecular weight is 373 g/mol. The number of thiophene rings is 1. The van der Waals surface area contributed by atoms with Crippen molar-refractivity contribution in [2.45, 2.75) is 51.1 Å². The Kier molecular flexibility index (Phi) is 4.10. The van der Waals surface area contributed by atoms with E-state index in [1.807, 2.05) is 24.4 Å². The van der Waals surface area contributed by atoms with Gasteiger partial charge in [0.15, 0.2) is 0 Å². The molecule has 138 valence electrons. The third-order valence-electron chi connectivity index (χ3n) is 5.96. The highest BCUT2D eigenvalue weighted by Gasteiger charge is 2.55. The summed E-state index contributed by atoms with van der Waals surface area (Å²) in [6, 6.07) is 8.82. The van der Waals surface area contributed by atoms with Gasteiger partial charge in [-0.25, -0.2) is 4.39 Å². The van der Waals surface area contributed by atoms with E-state index in [-0.39, 0.29) is 22.8 Å². The second kappa shape index (κ2) is 6.08.